The van der Waals surface area contributed by atoms with Crippen LogP contribution in [0, 0.1) is 0 Å². The van der Waals surface area contributed by atoms with E-state index in [1.54, 1.807) is 25.2 Å². The van der Waals surface area contributed by atoms with Crippen LogP contribution in [-0.2, 0) is 6.54 Å². The van der Waals surface area contributed by atoms with Crippen molar-refractivity contribution in [3.8, 4) is 0 Å². The van der Waals surface area contributed by atoms with Crippen molar-refractivity contribution in [2.45, 2.75) is 25.4 Å². The summed E-state index contributed by atoms with van der Waals surface area (Å²) in [7, 11) is 1.76. The molecule has 168 valence electrons. The zero-order chi connectivity index (χ0) is 21.2. The first-order chi connectivity index (χ1) is 14.7. The Kier molecular flexibility index (Phi) is 11.1. The number of amides is 1. The second-order valence-corrected chi connectivity index (χ2v) is 7.77. The predicted octanol–water partition coefficient (Wildman–Crippen LogP) is 3.52. The quantitative estimate of drug-likeness (QED) is 0.202. The number of hydrogen-bond acceptors (Lipinski definition) is 3. The van der Waals surface area contributed by atoms with Gasteiger partial charge in [-0.15, -0.1) is 24.0 Å². The molecule has 0 aliphatic carbocycles. The first-order valence-corrected chi connectivity index (χ1v) is 10.8. The normalized spacial score (nSPS) is 16.5. The maximum atomic E-state index is 12.2. The number of hydrogen-bond donors (Lipinski definition) is 3. The van der Waals surface area contributed by atoms with Crippen molar-refractivity contribution >= 4 is 47.4 Å². The van der Waals surface area contributed by atoms with Gasteiger partial charge in [0, 0.05) is 39.3 Å². The molecule has 1 unspecified atom stereocenters. The third-order valence-corrected chi connectivity index (χ3v) is 5.61. The molecule has 31 heavy (non-hydrogen) atoms. The second-order valence-electron chi connectivity index (χ2n) is 7.37. The van der Waals surface area contributed by atoms with Crippen LogP contribution in [0.2, 0.25) is 5.02 Å². The van der Waals surface area contributed by atoms with Crippen molar-refractivity contribution in [3.63, 3.8) is 0 Å². The summed E-state index contributed by atoms with van der Waals surface area (Å²) in [6, 6.07) is 18.1. The molecule has 0 spiro atoms. The highest BCUT2D eigenvalue weighted by Gasteiger charge is 2.24. The number of benzene rings is 2. The molecule has 0 bridgehead atoms. The minimum Gasteiger partial charge on any atom is -0.355 e. The zero-order valence-corrected chi connectivity index (χ0v) is 20.9. The molecule has 1 aliphatic rings. The van der Waals surface area contributed by atoms with Gasteiger partial charge in [0.15, 0.2) is 5.96 Å². The number of halogens is 2. The Hall–Kier alpha value is -1.84. The van der Waals surface area contributed by atoms with Gasteiger partial charge in [-0.05, 0) is 37.1 Å². The Balaban J connectivity index is 0.00000341. The molecule has 6 nitrogen and oxygen atoms in total. The Bertz CT molecular complexity index is 849. The number of aliphatic imine (C=N–C) groups is 1. The van der Waals surface area contributed by atoms with E-state index < -0.39 is 0 Å². The summed E-state index contributed by atoms with van der Waals surface area (Å²) < 4.78 is 0. The third-order valence-electron chi connectivity index (χ3n) is 5.28. The van der Waals surface area contributed by atoms with Gasteiger partial charge in [-0.2, -0.15) is 0 Å². The van der Waals surface area contributed by atoms with Gasteiger partial charge in [-0.25, -0.2) is 0 Å². The molecule has 0 radical (unpaired) electrons. The van der Waals surface area contributed by atoms with Gasteiger partial charge in [-0.3, -0.25) is 14.7 Å². The van der Waals surface area contributed by atoms with E-state index in [4.69, 9.17) is 11.6 Å². The van der Waals surface area contributed by atoms with Crippen LogP contribution in [0.25, 0.3) is 0 Å². The van der Waals surface area contributed by atoms with Crippen LogP contribution < -0.4 is 16.0 Å². The lowest BCUT2D eigenvalue weighted by molar-refractivity contribution is 0.0954. The first-order valence-electron chi connectivity index (χ1n) is 10.4. The van der Waals surface area contributed by atoms with Gasteiger partial charge in [0.05, 0.1) is 10.6 Å². The van der Waals surface area contributed by atoms with Gasteiger partial charge < -0.3 is 16.0 Å². The lowest BCUT2D eigenvalue weighted by atomic mass is 10.2. The number of rotatable bonds is 8. The van der Waals surface area contributed by atoms with Crippen LogP contribution in [0.15, 0.2) is 59.6 Å². The van der Waals surface area contributed by atoms with Crippen molar-refractivity contribution in [2.75, 3.05) is 33.2 Å². The summed E-state index contributed by atoms with van der Waals surface area (Å²) in [5, 5.41) is 10.0. The molecule has 2 aromatic rings. The number of nitrogens with zero attached hydrogens (tertiary/aromatic N) is 2. The fourth-order valence-electron chi connectivity index (χ4n) is 3.69. The van der Waals surface area contributed by atoms with E-state index in [9.17, 15) is 4.79 Å². The highest BCUT2D eigenvalue weighted by atomic mass is 127. The van der Waals surface area contributed by atoms with E-state index in [2.05, 4.69) is 56.2 Å². The van der Waals surface area contributed by atoms with Gasteiger partial charge >= 0.3 is 0 Å². The number of carbonyl (C=O) groups excluding carboxylic acids is 1. The first kappa shape index (κ1) is 25.4. The molecule has 3 rings (SSSR count). The lowest BCUT2D eigenvalue weighted by Gasteiger charge is -2.25. The average molecular weight is 556 g/mol. The molecule has 1 aliphatic heterocycles. The fraction of sp³-hybridized carbons (Fsp3) is 0.391. The molecular weight excluding hydrogens is 525 g/mol. The molecule has 8 heteroatoms. The molecule has 2 aromatic carbocycles. The Morgan fingerprint density at radius 1 is 1.06 bits per heavy atom. The largest absolute Gasteiger partial charge is 0.355 e. The molecule has 3 N–H and O–H groups in total. The van der Waals surface area contributed by atoms with Crippen molar-refractivity contribution in [3.05, 3.63) is 70.7 Å². The van der Waals surface area contributed by atoms with Gasteiger partial charge in [0.2, 0.25) is 0 Å². The number of likely N-dealkylation sites (tertiary alicyclic amines) is 1. The fourth-order valence-corrected chi connectivity index (χ4v) is 3.91. The molecular formula is C23H31ClIN5O. The van der Waals surface area contributed by atoms with Crippen LogP contribution in [0.1, 0.15) is 28.8 Å². The number of guanidine groups is 1. The third kappa shape index (κ3) is 7.97. The number of carbonyl (C=O) groups is 1. The summed E-state index contributed by atoms with van der Waals surface area (Å²) in [5.74, 6) is 0.571. The summed E-state index contributed by atoms with van der Waals surface area (Å²) in [6.07, 6.45) is 2.41. The molecule has 1 heterocycles. The molecule has 1 atom stereocenters. The van der Waals surface area contributed by atoms with Crippen molar-refractivity contribution in [1.82, 2.24) is 20.9 Å². The zero-order valence-electron chi connectivity index (χ0n) is 17.8. The average Bonchev–Trinajstić information content (AvgIpc) is 3.21. The minimum atomic E-state index is -0.173. The van der Waals surface area contributed by atoms with Crippen molar-refractivity contribution in [1.29, 1.82) is 0 Å². The Labute approximate surface area is 206 Å². The number of nitrogens with one attached hydrogen (secondary N) is 3. The summed E-state index contributed by atoms with van der Waals surface area (Å²) in [4.78, 5) is 19.0. The topological polar surface area (TPSA) is 68.8 Å². The summed E-state index contributed by atoms with van der Waals surface area (Å²) >= 11 is 6.06. The van der Waals surface area contributed by atoms with E-state index in [-0.39, 0.29) is 29.9 Å². The maximum absolute atomic E-state index is 12.2. The molecule has 0 saturated carbocycles. The SMILES string of the molecule is CN=C(NCCNC(=O)c1ccccc1Cl)NCC1CCCN1Cc1ccccc1.I. The summed E-state index contributed by atoms with van der Waals surface area (Å²) in [5.41, 5.74) is 1.84. The van der Waals surface area contributed by atoms with E-state index in [0.717, 1.165) is 25.6 Å². The van der Waals surface area contributed by atoms with Crippen LogP contribution in [0.4, 0.5) is 0 Å². The van der Waals surface area contributed by atoms with Gasteiger partial charge in [0.1, 0.15) is 0 Å². The Morgan fingerprint density at radius 3 is 2.52 bits per heavy atom. The molecule has 1 amide bonds. The smallest absolute Gasteiger partial charge is 0.252 e. The van der Waals surface area contributed by atoms with Crippen molar-refractivity contribution < 1.29 is 4.79 Å². The minimum absolute atomic E-state index is 0. The van der Waals surface area contributed by atoms with E-state index in [1.165, 1.54) is 18.4 Å². The van der Waals surface area contributed by atoms with Gasteiger partial charge in [0.25, 0.3) is 5.91 Å². The highest BCUT2D eigenvalue weighted by Crippen LogP contribution is 2.19. The molecule has 1 saturated heterocycles. The molecule has 1 fully saturated rings. The van der Waals surface area contributed by atoms with E-state index in [1.807, 2.05) is 6.07 Å². The van der Waals surface area contributed by atoms with Gasteiger partial charge in [-0.1, -0.05) is 54.1 Å². The van der Waals surface area contributed by atoms with Crippen LogP contribution in [0.5, 0.6) is 0 Å². The van der Waals surface area contributed by atoms with Crippen LogP contribution in [0.3, 0.4) is 0 Å². The maximum Gasteiger partial charge on any atom is 0.252 e. The Morgan fingerprint density at radius 2 is 1.77 bits per heavy atom. The van der Waals surface area contributed by atoms with Crippen LogP contribution in [-0.4, -0.2) is 56.0 Å². The summed E-state index contributed by atoms with van der Waals surface area (Å²) in [6.45, 7) is 4.01. The lowest BCUT2D eigenvalue weighted by Crippen LogP contribution is -2.46. The predicted molar refractivity (Wildman–Crippen MR) is 138 cm³/mol. The van der Waals surface area contributed by atoms with E-state index >= 15 is 0 Å². The standard InChI is InChI=1S/C23H30ClN5O.HI/c1-25-23(27-14-13-26-22(30)20-11-5-6-12-21(20)24)28-16-19-10-7-15-29(19)17-18-8-3-2-4-9-18;/h2-6,8-9,11-12,19H,7,10,13-17H2,1H3,(H,26,30)(H2,25,27,28);1H. The van der Waals surface area contributed by atoms with E-state index in [0.29, 0.717) is 29.7 Å². The van der Waals surface area contributed by atoms with Crippen molar-refractivity contribution in [2.24, 2.45) is 4.99 Å². The second kappa shape index (κ2) is 13.5. The monoisotopic (exact) mass is 555 g/mol. The van der Waals surface area contributed by atoms with Crippen LogP contribution >= 0.6 is 35.6 Å². The molecule has 0 aromatic heterocycles. The highest BCUT2D eigenvalue weighted by molar-refractivity contribution is 14.0.